The van der Waals surface area contributed by atoms with Crippen molar-refractivity contribution in [1.82, 2.24) is 4.31 Å². The molecule has 2 heterocycles. The van der Waals surface area contributed by atoms with Gasteiger partial charge >= 0.3 is 238 Å². The number of sulfonamides is 1. The molecule has 39 heavy (non-hydrogen) atoms. The summed E-state index contributed by atoms with van der Waals surface area (Å²) in [6.45, 7) is 6.35. The van der Waals surface area contributed by atoms with Gasteiger partial charge in [0.05, 0.1) is 0 Å². The molecule has 0 spiro atoms. The van der Waals surface area contributed by atoms with Crippen molar-refractivity contribution in [2.45, 2.75) is 53.4 Å². The molecule has 0 amide bonds. The summed E-state index contributed by atoms with van der Waals surface area (Å²) in [6, 6.07) is 24.9. The van der Waals surface area contributed by atoms with Crippen molar-refractivity contribution in [3.05, 3.63) is 105 Å². The zero-order chi connectivity index (χ0) is 27.8. The number of fused-ring (bicyclic) bond motifs is 1. The molecule has 2 aliphatic rings. The van der Waals surface area contributed by atoms with Gasteiger partial charge in [0, 0.05) is 0 Å². The molecular formula is C32H37NO4SSn. The van der Waals surface area contributed by atoms with Crippen molar-refractivity contribution < 1.29 is 17.9 Å². The van der Waals surface area contributed by atoms with Gasteiger partial charge < -0.3 is 0 Å². The van der Waals surface area contributed by atoms with E-state index in [2.05, 4.69) is 35.3 Å². The summed E-state index contributed by atoms with van der Waals surface area (Å²) < 4.78 is 41.2. The third-order valence-electron chi connectivity index (χ3n) is 8.59. The summed E-state index contributed by atoms with van der Waals surface area (Å²) in [5.41, 5.74) is 2.79. The number of nitrogens with zero attached hydrogens (tertiary/aromatic N) is 1. The molecule has 204 valence electrons. The van der Waals surface area contributed by atoms with Crippen LogP contribution in [0.25, 0.3) is 0 Å². The fourth-order valence-electron chi connectivity index (χ4n) is 6.61. The van der Waals surface area contributed by atoms with E-state index < -0.39 is 39.9 Å². The van der Waals surface area contributed by atoms with Crippen LogP contribution in [0.5, 0.6) is 0 Å². The van der Waals surface area contributed by atoms with Gasteiger partial charge in [-0.15, -0.1) is 0 Å². The summed E-state index contributed by atoms with van der Waals surface area (Å²) in [5.74, 6) is -0.327. The molecule has 0 N–H and O–H groups in total. The van der Waals surface area contributed by atoms with Crippen molar-refractivity contribution in [2.75, 3.05) is 13.7 Å². The number of esters is 1. The predicted molar refractivity (Wildman–Crippen MR) is 158 cm³/mol. The van der Waals surface area contributed by atoms with Gasteiger partial charge in [0.1, 0.15) is 0 Å². The van der Waals surface area contributed by atoms with E-state index in [-0.39, 0.29) is 17.4 Å². The first-order valence-electron chi connectivity index (χ1n) is 13.7. The third kappa shape index (κ3) is 4.78. The Balaban J connectivity index is 1.74. The van der Waals surface area contributed by atoms with Gasteiger partial charge in [-0.1, -0.05) is 0 Å². The van der Waals surface area contributed by atoms with Crippen molar-refractivity contribution in [1.29, 1.82) is 0 Å². The molecule has 0 unspecified atom stereocenters. The fourth-order valence-corrected chi connectivity index (χ4v) is 23.9. The third-order valence-corrected chi connectivity index (χ3v) is 24.2. The molecule has 0 radical (unpaired) electrons. The molecule has 0 aliphatic carbocycles. The number of carbonyl (C=O) groups is 1. The Morgan fingerprint density at radius 3 is 2.18 bits per heavy atom. The molecule has 5 rings (SSSR count). The minimum atomic E-state index is -3.90. The first-order valence-corrected chi connectivity index (χ1v) is 22.2. The normalized spacial score (nSPS) is 24.8. The predicted octanol–water partition coefficient (Wildman–Crippen LogP) is 5.84. The Morgan fingerprint density at radius 2 is 1.59 bits per heavy atom. The van der Waals surface area contributed by atoms with E-state index in [4.69, 9.17) is 4.74 Å². The number of aryl methyl sites for hydroxylation is 2. The van der Waals surface area contributed by atoms with Gasteiger partial charge in [0.25, 0.3) is 0 Å². The van der Waals surface area contributed by atoms with E-state index in [1.165, 1.54) is 10.7 Å². The SMILES string of the molecule is CCC[CH2][Sn@]1([c]2ccccc2)[CH]=C2CN(S(=O)(=O)c3ccc(C)cc3)[C@@H](c3ccc(C)cc3)[C@@]2(C(=O)OC)[CH2]1. The number of rotatable bonds is 8. The second-order valence-corrected chi connectivity index (χ2v) is 24.5. The van der Waals surface area contributed by atoms with Crippen LogP contribution in [-0.2, 0) is 19.6 Å². The van der Waals surface area contributed by atoms with E-state index >= 15 is 0 Å². The molecule has 0 bridgehead atoms. The molecule has 1 fully saturated rings. The molecule has 5 nitrogen and oxygen atoms in total. The average Bonchev–Trinajstić information content (AvgIpc) is 3.45. The van der Waals surface area contributed by atoms with Gasteiger partial charge in [-0.05, 0) is 0 Å². The fraction of sp³-hybridized carbons (Fsp3) is 0.344. The van der Waals surface area contributed by atoms with Gasteiger partial charge in [0.2, 0.25) is 0 Å². The molecule has 3 atom stereocenters. The summed E-state index contributed by atoms with van der Waals surface area (Å²) >= 11 is -3.31. The van der Waals surface area contributed by atoms with Gasteiger partial charge in [-0.3, -0.25) is 0 Å². The zero-order valence-corrected chi connectivity index (χ0v) is 26.9. The van der Waals surface area contributed by atoms with Crippen molar-refractivity contribution >= 4 is 37.9 Å². The summed E-state index contributed by atoms with van der Waals surface area (Å²) in [5, 5.41) is 0. The average molecular weight is 650 g/mol. The van der Waals surface area contributed by atoms with Gasteiger partial charge in [-0.25, -0.2) is 0 Å². The zero-order valence-electron chi connectivity index (χ0n) is 23.2. The van der Waals surface area contributed by atoms with Gasteiger partial charge in [-0.2, -0.15) is 0 Å². The summed E-state index contributed by atoms with van der Waals surface area (Å²) in [6.07, 6.45) is 2.17. The topological polar surface area (TPSA) is 63.7 Å². The maximum atomic E-state index is 14.2. The van der Waals surface area contributed by atoms with Crippen LogP contribution < -0.4 is 3.58 Å². The first kappa shape index (κ1) is 28.1. The van der Waals surface area contributed by atoms with Crippen LogP contribution in [0.4, 0.5) is 0 Å². The van der Waals surface area contributed by atoms with Crippen LogP contribution in [0.2, 0.25) is 8.87 Å². The number of ether oxygens (including phenoxy) is 1. The van der Waals surface area contributed by atoms with Crippen LogP contribution in [0.1, 0.15) is 42.5 Å². The number of unbranched alkanes of at least 4 members (excludes halogenated alkanes) is 1. The Hall–Kier alpha value is -2.42. The molecule has 1 saturated heterocycles. The van der Waals surface area contributed by atoms with Crippen LogP contribution in [0, 0.1) is 19.3 Å². The van der Waals surface area contributed by atoms with Crippen LogP contribution in [0.15, 0.2) is 93.4 Å². The van der Waals surface area contributed by atoms with E-state index in [0.717, 1.165) is 39.5 Å². The Labute approximate surface area is 236 Å². The van der Waals surface area contributed by atoms with E-state index in [0.29, 0.717) is 4.44 Å². The number of carbonyl (C=O) groups excluding carboxylic acids is 1. The molecule has 3 aromatic rings. The van der Waals surface area contributed by atoms with Crippen molar-refractivity contribution in [2.24, 2.45) is 5.41 Å². The number of methoxy groups -OCH3 is 1. The molecule has 0 aromatic heterocycles. The van der Waals surface area contributed by atoms with Crippen LogP contribution >= 0.6 is 0 Å². The number of hydrogen-bond donors (Lipinski definition) is 0. The summed E-state index contributed by atoms with van der Waals surface area (Å²) in [4.78, 5) is 14.3. The standard InChI is InChI=1S/C22H23NO4S.C6H5.C4H9.Sn/c1-15-6-10-18(11-7-15)20-22(4,21(24)27-5)17(3)14-23(20)28(25,26)19-12-8-16(2)9-13-19;1-2-4-6-5-3-1;1-3-4-2;/h3,6-13,20H,4,14H2,1-2,5H3;1-5H;1,3-4H2,2H3;/t20-,22+;;;/m0.../s1. The molecular weight excluding hydrogens is 613 g/mol. The van der Waals surface area contributed by atoms with Crippen molar-refractivity contribution in [3.8, 4) is 0 Å². The Bertz CT molecular complexity index is 1490. The maximum absolute atomic E-state index is 14.2. The molecule has 3 aromatic carbocycles. The van der Waals surface area contributed by atoms with Crippen LogP contribution in [0.3, 0.4) is 0 Å². The molecule has 7 heteroatoms. The van der Waals surface area contributed by atoms with E-state index in [1.807, 2.05) is 56.3 Å². The number of benzene rings is 3. The minimum absolute atomic E-state index is 0.196. The summed E-state index contributed by atoms with van der Waals surface area (Å²) in [7, 11) is -2.46. The molecule has 2 aliphatic heterocycles. The van der Waals surface area contributed by atoms with Gasteiger partial charge in [0.15, 0.2) is 0 Å². The van der Waals surface area contributed by atoms with Crippen LogP contribution in [-0.4, -0.2) is 50.7 Å². The second kappa shape index (κ2) is 10.9. The quantitative estimate of drug-likeness (QED) is 0.227. The first-order chi connectivity index (χ1) is 18.7. The Morgan fingerprint density at radius 1 is 0.974 bits per heavy atom. The van der Waals surface area contributed by atoms with Crippen molar-refractivity contribution in [3.63, 3.8) is 0 Å². The monoisotopic (exact) mass is 651 g/mol. The van der Waals surface area contributed by atoms with E-state index in [1.54, 1.807) is 16.4 Å². The second-order valence-electron chi connectivity index (χ2n) is 11.1. The number of hydrogen-bond acceptors (Lipinski definition) is 4. The van der Waals surface area contributed by atoms with E-state index in [9.17, 15) is 13.2 Å². The molecule has 0 saturated carbocycles. The Kier molecular flexibility index (Phi) is 7.83.